The molecular formula is C13H17BrN2O2S. The fourth-order valence-corrected chi connectivity index (χ4v) is 3.93. The standard InChI is InChI=1S/C13H17BrN2O2S/c1-19-13-4-2-3-11(13)15-8-9-7-10(14)5-6-12(9)16(17)18/h5-7,11,13,15H,2-4,8H2,1H3. The Morgan fingerprint density at radius 3 is 3.00 bits per heavy atom. The number of hydrogen-bond donors (Lipinski definition) is 1. The molecule has 2 atom stereocenters. The number of benzene rings is 1. The van der Waals surface area contributed by atoms with Crippen LogP contribution in [0.15, 0.2) is 22.7 Å². The van der Waals surface area contributed by atoms with Crippen molar-refractivity contribution in [3.63, 3.8) is 0 Å². The third-order valence-electron chi connectivity index (χ3n) is 3.55. The van der Waals surface area contributed by atoms with Crippen LogP contribution in [0.25, 0.3) is 0 Å². The SMILES string of the molecule is CSC1CCCC1NCc1cc(Br)ccc1[N+](=O)[O-]. The number of nitrogens with zero attached hydrogens (tertiary/aromatic N) is 1. The Morgan fingerprint density at radius 1 is 1.53 bits per heavy atom. The molecule has 1 aromatic rings. The van der Waals surface area contributed by atoms with Crippen LogP contribution in [0.3, 0.4) is 0 Å². The van der Waals surface area contributed by atoms with Crippen molar-refractivity contribution < 1.29 is 4.92 Å². The zero-order chi connectivity index (χ0) is 13.8. The summed E-state index contributed by atoms with van der Waals surface area (Å²) in [6.45, 7) is 0.553. The first kappa shape index (κ1) is 14.8. The maximum Gasteiger partial charge on any atom is 0.273 e. The summed E-state index contributed by atoms with van der Waals surface area (Å²) < 4.78 is 0.878. The Bertz CT molecular complexity index is 470. The van der Waals surface area contributed by atoms with Gasteiger partial charge in [0.1, 0.15) is 0 Å². The molecule has 1 fully saturated rings. The monoisotopic (exact) mass is 344 g/mol. The molecule has 0 radical (unpaired) electrons. The highest BCUT2D eigenvalue weighted by Gasteiger charge is 2.26. The minimum Gasteiger partial charge on any atom is -0.309 e. The van der Waals surface area contributed by atoms with E-state index in [0.717, 1.165) is 16.5 Å². The average Bonchev–Trinajstić information content (AvgIpc) is 2.83. The first-order valence-electron chi connectivity index (χ1n) is 6.31. The van der Waals surface area contributed by atoms with Crippen LogP contribution in [0, 0.1) is 10.1 Å². The zero-order valence-electron chi connectivity index (χ0n) is 10.8. The Morgan fingerprint density at radius 2 is 2.32 bits per heavy atom. The van der Waals surface area contributed by atoms with E-state index >= 15 is 0 Å². The molecule has 2 unspecified atom stereocenters. The summed E-state index contributed by atoms with van der Waals surface area (Å²) in [5.74, 6) is 0. The molecule has 1 aliphatic rings. The molecule has 4 nitrogen and oxygen atoms in total. The van der Waals surface area contributed by atoms with E-state index in [9.17, 15) is 10.1 Å². The molecule has 19 heavy (non-hydrogen) atoms. The van der Waals surface area contributed by atoms with Crippen molar-refractivity contribution in [1.82, 2.24) is 5.32 Å². The number of halogens is 1. The van der Waals surface area contributed by atoms with E-state index in [0.29, 0.717) is 17.8 Å². The Balaban J connectivity index is 2.06. The fraction of sp³-hybridized carbons (Fsp3) is 0.538. The second-order valence-corrected chi connectivity index (χ2v) is 6.72. The lowest BCUT2D eigenvalue weighted by atomic mass is 10.1. The average molecular weight is 345 g/mol. The lowest BCUT2D eigenvalue weighted by molar-refractivity contribution is -0.385. The van der Waals surface area contributed by atoms with Gasteiger partial charge in [0.05, 0.1) is 4.92 Å². The van der Waals surface area contributed by atoms with Gasteiger partial charge in [0.15, 0.2) is 0 Å². The van der Waals surface area contributed by atoms with Crippen molar-refractivity contribution >= 4 is 33.4 Å². The van der Waals surface area contributed by atoms with E-state index in [2.05, 4.69) is 27.5 Å². The molecule has 6 heteroatoms. The predicted molar refractivity (Wildman–Crippen MR) is 82.6 cm³/mol. The smallest absolute Gasteiger partial charge is 0.273 e. The summed E-state index contributed by atoms with van der Waals surface area (Å²) >= 11 is 5.25. The van der Waals surface area contributed by atoms with Crippen LogP contribution < -0.4 is 5.32 Å². The van der Waals surface area contributed by atoms with Crippen molar-refractivity contribution in [2.24, 2.45) is 0 Å². The summed E-state index contributed by atoms with van der Waals surface area (Å²) in [6, 6.07) is 5.56. The maximum atomic E-state index is 11.0. The van der Waals surface area contributed by atoms with Gasteiger partial charge >= 0.3 is 0 Å². The highest BCUT2D eigenvalue weighted by molar-refractivity contribution is 9.10. The number of rotatable bonds is 5. The van der Waals surface area contributed by atoms with Gasteiger partial charge in [0, 0.05) is 33.9 Å². The number of nitrogens with one attached hydrogen (secondary N) is 1. The van der Waals surface area contributed by atoms with Gasteiger partial charge < -0.3 is 5.32 Å². The van der Waals surface area contributed by atoms with Crippen LogP contribution in [0.2, 0.25) is 0 Å². The molecular weight excluding hydrogens is 328 g/mol. The van der Waals surface area contributed by atoms with E-state index in [1.807, 2.05) is 17.8 Å². The second-order valence-electron chi connectivity index (χ2n) is 4.72. The van der Waals surface area contributed by atoms with Crippen molar-refractivity contribution in [2.75, 3.05) is 6.26 Å². The summed E-state index contributed by atoms with van der Waals surface area (Å²) in [6.07, 6.45) is 5.77. The third-order valence-corrected chi connectivity index (χ3v) is 5.21. The van der Waals surface area contributed by atoms with Gasteiger partial charge in [-0.1, -0.05) is 22.4 Å². The second kappa shape index (κ2) is 6.72. The van der Waals surface area contributed by atoms with Crippen LogP contribution in [-0.4, -0.2) is 22.5 Å². The van der Waals surface area contributed by atoms with Gasteiger partial charge in [0.2, 0.25) is 0 Å². The Kier molecular flexibility index (Phi) is 5.24. The molecule has 1 N–H and O–H groups in total. The van der Waals surface area contributed by atoms with E-state index in [-0.39, 0.29) is 10.6 Å². The molecule has 1 saturated carbocycles. The summed E-state index contributed by atoms with van der Waals surface area (Å²) in [4.78, 5) is 10.7. The molecule has 0 bridgehead atoms. The number of nitro benzene ring substituents is 1. The molecule has 1 aromatic carbocycles. The highest BCUT2D eigenvalue weighted by Crippen LogP contribution is 2.29. The molecule has 0 amide bonds. The minimum atomic E-state index is -0.315. The molecule has 0 aromatic heterocycles. The van der Waals surface area contributed by atoms with Gasteiger partial charge in [-0.25, -0.2) is 0 Å². The lowest BCUT2D eigenvalue weighted by Gasteiger charge is -2.19. The van der Waals surface area contributed by atoms with Crippen molar-refractivity contribution in [3.8, 4) is 0 Å². The van der Waals surface area contributed by atoms with Crippen molar-refractivity contribution in [2.45, 2.75) is 37.1 Å². The normalized spacial score (nSPS) is 22.6. The largest absolute Gasteiger partial charge is 0.309 e. The van der Waals surface area contributed by atoms with Gasteiger partial charge in [-0.2, -0.15) is 11.8 Å². The van der Waals surface area contributed by atoms with E-state index < -0.39 is 0 Å². The van der Waals surface area contributed by atoms with E-state index in [1.165, 1.54) is 12.8 Å². The van der Waals surface area contributed by atoms with Crippen LogP contribution in [0.1, 0.15) is 24.8 Å². The highest BCUT2D eigenvalue weighted by atomic mass is 79.9. The molecule has 0 heterocycles. The third kappa shape index (κ3) is 3.70. The summed E-state index contributed by atoms with van der Waals surface area (Å²) in [5.41, 5.74) is 0.931. The van der Waals surface area contributed by atoms with Crippen molar-refractivity contribution in [1.29, 1.82) is 0 Å². The topological polar surface area (TPSA) is 55.2 Å². The van der Waals surface area contributed by atoms with Crippen LogP contribution in [-0.2, 0) is 6.54 Å². The molecule has 0 aliphatic heterocycles. The molecule has 0 saturated heterocycles. The van der Waals surface area contributed by atoms with Gasteiger partial charge in [-0.3, -0.25) is 10.1 Å². The van der Waals surface area contributed by atoms with Crippen LogP contribution >= 0.6 is 27.7 Å². The zero-order valence-corrected chi connectivity index (χ0v) is 13.2. The number of nitro groups is 1. The molecule has 104 valence electrons. The van der Waals surface area contributed by atoms with E-state index in [1.54, 1.807) is 12.1 Å². The molecule has 2 rings (SSSR count). The quantitative estimate of drug-likeness (QED) is 0.653. The Labute approximate surface area is 125 Å². The summed E-state index contributed by atoms with van der Waals surface area (Å²) in [7, 11) is 0. The van der Waals surface area contributed by atoms with Crippen molar-refractivity contribution in [3.05, 3.63) is 38.3 Å². The summed E-state index contributed by atoms with van der Waals surface area (Å²) in [5, 5.41) is 15.1. The van der Waals surface area contributed by atoms with Crippen LogP contribution in [0.4, 0.5) is 5.69 Å². The van der Waals surface area contributed by atoms with Crippen LogP contribution in [0.5, 0.6) is 0 Å². The fourth-order valence-electron chi connectivity index (χ4n) is 2.56. The van der Waals surface area contributed by atoms with E-state index in [4.69, 9.17) is 0 Å². The lowest BCUT2D eigenvalue weighted by Crippen LogP contribution is -2.33. The number of thioether (sulfide) groups is 1. The van der Waals surface area contributed by atoms with Gasteiger partial charge in [-0.05, 0) is 31.2 Å². The molecule has 1 aliphatic carbocycles. The van der Waals surface area contributed by atoms with Gasteiger partial charge in [0.25, 0.3) is 5.69 Å². The predicted octanol–water partition coefficient (Wildman–Crippen LogP) is 3.73. The maximum absolute atomic E-state index is 11.0. The first-order chi connectivity index (χ1) is 9.11. The van der Waals surface area contributed by atoms with Gasteiger partial charge in [-0.15, -0.1) is 0 Å². The Hall–Kier alpha value is -0.590. The molecule has 0 spiro atoms. The number of hydrogen-bond acceptors (Lipinski definition) is 4. The minimum absolute atomic E-state index is 0.189. The first-order valence-corrected chi connectivity index (χ1v) is 8.39.